The highest BCUT2D eigenvalue weighted by Crippen LogP contribution is 2.53. The van der Waals surface area contributed by atoms with Crippen molar-refractivity contribution in [2.24, 2.45) is 5.41 Å². The number of likely N-dealkylation sites (tertiary alicyclic amines) is 1. The minimum atomic E-state index is -0.578. The maximum atomic E-state index is 12.8. The van der Waals surface area contributed by atoms with Gasteiger partial charge in [0, 0.05) is 49.9 Å². The van der Waals surface area contributed by atoms with Gasteiger partial charge in [-0.3, -0.25) is 9.59 Å². The Morgan fingerprint density at radius 1 is 1.22 bits per heavy atom. The summed E-state index contributed by atoms with van der Waals surface area (Å²) in [6, 6.07) is 5.97. The molecule has 0 aromatic heterocycles. The number of aliphatic hydroxyl groups is 1. The van der Waals surface area contributed by atoms with E-state index in [4.69, 9.17) is 11.6 Å². The fourth-order valence-corrected chi connectivity index (χ4v) is 4.95. The number of anilines is 1. The maximum Gasteiger partial charge on any atom is 0.322 e. The zero-order valence-electron chi connectivity index (χ0n) is 18.4. The Morgan fingerprint density at radius 3 is 2.69 bits per heavy atom. The molecule has 2 heterocycles. The molecule has 3 fully saturated rings. The number of nitrogens with zero attached hydrogens (tertiary/aromatic N) is 3. The van der Waals surface area contributed by atoms with Gasteiger partial charge in [0.1, 0.15) is 6.04 Å². The lowest BCUT2D eigenvalue weighted by Crippen LogP contribution is -2.58. The lowest BCUT2D eigenvalue weighted by atomic mass is 9.90. The Bertz CT molecular complexity index is 891. The Morgan fingerprint density at radius 2 is 2.00 bits per heavy atom. The standard InChI is InChI=1S/C23H31ClN4O4/c1-16-21(31)26(12-13-28(16)22(32)25-18-5-2-4-17(24)14-18)10-3-6-20(30)27-11-9-23(7-8-23)19(29)15-27/h2,4-5,14,16,19,29H,3,6-13,15H2,1H3,(H,25,32)/t16-,19+/m0/s1. The molecule has 1 aromatic rings. The second-order valence-electron chi connectivity index (χ2n) is 9.21. The number of halogens is 1. The van der Waals surface area contributed by atoms with Crippen LogP contribution in [0, 0.1) is 5.41 Å². The van der Waals surface area contributed by atoms with Crippen LogP contribution in [0.5, 0.6) is 0 Å². The zero-order chi connectivity index (χ0) is 22.9. The highest BCUT2D eigenvalue weighted by atomic mass is 35.5. The molecule has 2 aliphatic heterocycles. The Balaban J connectivity index is 1.22. The van der Waals surface area contributed by atoms with E-state index in [1.807, 2.05) is 0 Å². The molecule has 1 saturated carbocycles. The van der Waals surface area contributed by atoms with Crippen molar-refractivity contribution in [3.63, 3.8) is 0 Å². The summed E-state index contributed by atoms with van der Waals surface area (Å²) < 4.78 is 0. The predicted molar refractivity (Wildman–Crippen MR) is 121 cm³/mol. The van der Waals surface area contributed by atoms with Gasteiger partial charge in [-0.2, -0.15) is 0 Å². The number of β-amino-alcohol motifs (C(OH)–C–C–N with tert-alkyl or cyclic N) is 1. The quantitative estimate of drug-likeness (QED) is 0.703. The van der Waals surface area contributed by atoms with Gasteiger partial charge in [0.15, 0.2) is 0 Å². The third kappa shape index (κ3) is 4.86. The van der Waals surface area contributed by atoms with E-state index in [9.17, 15) is 19.5 Å². The minimum Gasteiger partial charge on any atom is -0.391 e. The predicted octanol–water partition coefficient (Wildman–Crippen LogP) is 2.56. The van der Waals surface area contributed by atoms with Crippen molar-refractivity contribution < 1.29 is 19.5 Å². The molecule has 1 aromatic carbocycles. The second kappa shape index (κ2) is 9.27. The summed E-state index contributed by atoms with van der Waals surface area (Å²) in [5, 5.41) is 13.6. The Kier molecular flexibility index (Phi) is 6.62. The monoisotopic (exact) mass is 462 g/mol. The number of aliphatic hydroxyl groups excluding tert-OH is 1. The maximum absolute atomic E-state index is 12.8. The summed E-state index contributed by atoms with van der Waals surface area (Å²) in [6.07, 6.45) is 3.54. The summed E-state index contributed by atoms with van der Waals surface area (Å²) in [5.74, 6) is -0.0754. The van der Waals surface area contributed by atoms with Gasteiger partial charge < -0.3 is 25.1 Å². The van der Waals surface area contributed by atoms with Crippen molar-refractivity contribution in [1.29, 1.82) is 0 Å². The molecule has 4 amide bonds. The molecule has 8 nitrogen and oxygen atoms in total. The van der Waals surface area contributed by atoms with Crippen molar-refractivity contribution in [2.75, 3.05) is 38.0 Å². The number of rotatable bonds is 5. The number of benzene rings is 1. The fourth-order valence-electron chi connectivity index (χ4n) is 4.76. The van der Waals surface area contributed by atoms with Crippen LogP contribution in [0.2, 0.25) is 5.02 Å². The van der Waals surface area contributed by atoms with Crippen molar-refractivity contribution in [2.45, 2.75) is 51.2 Å². The van der Waals surface area contributed by atoms with E-state index in [1.54, 1.807) is 41.0 Å². The molecule has 0 bridgehead atoms. The molecule has 32 heavy (non-hydrogen) atoms. The van der Waals surface area contributed by atoms with Crippen LogP contribution in [-0.4, -0.2) is 82.5 Å². The van der Waals surface area contributed by atoms with Crippen LogP contribution < -0.4 is 5.32 Å². The van der Waals surface area contributed by atoms with Crippen LogP contribution in [-0.2, 0) is 9.59 Å². The number of carbonyl (C=O) groups excluding carboxylic acids is 3. The molecule has 174 valence electrons. The number of hydrogen-bond donors (Lipinski definition) is 2. The van der Waals surface area contributed by atoms with Crippen molar-refractivity contribution in [3.8, 4) is 0 Å². The molecule has 2 N–H and O–H groups in total. The average molecular weight is 463 g/mol. The zero-order valence-corrected chi connectivity index (χ0v) is 19.2. The number of piperidine rings is 1. The first-order valence-corrected chi connectivity index (χ1v) is 11.7. The van der Waals surface area contributed by atoms with Gasteiger partial charge in [0.2, 0.25) is 11.8 Å². The smallest absolute Gasteiger partial charge is 0.322 e. The van der Waals surface area contributed by atoms with Crippen LogP contribution in [0.25, 0.3) is 0 Å². The summed E-state index contributed by atoms with van der Waals surface area (Å²) >= 11 is 5.96. The van der Waals surface area contributed by atoms with Gasteiger partial charge in [0.05, 0.1) is 6.10 Å². The Hall–Kier alpha value is -2.32. The number of piperazine rings is 1. The SMILES string of the molecule is C[C@H]1C(=O)N(CCCC(=O)N2CCC3(CC3)[C@H](O)C2)CCN1C(=O)Nc1cccc(Cl)c1. The summed E-state index contributed by atoms with van der Waals surface area (Å²) in [5.41, 5.74) is 0.663. The number of nitrogens with one attached hydrogen (secondary N) is 1. The van der Waals surface area contributed by atoms with Crippen LogP contribution in [0.4, 0.5) is 10.5 Å². The number of amides is 4. The molecule has 2 saturated heterocycles. The lowest BCUT2D eigenvalue weighted by molar-refractivity contribution is -0.140. The van der Waals surface area contributed by atoms with Crippen LogP contribution in [0.3, 0.4) is 0 Å². The molecule has 4 rings (SSSR count). The van der Waals surface area contributed by atoms with Crippen molar-refractivity contribution in [1.82, 2.24) is 14.7 Å². The van der Waals surface area contributed by atoms with Gasteiger partial charge in [-0.15, -0.1) is 0 Å². The van der Waals surface area contributed by atoms with Crippen LogP contribution in [0.15, 0.2) is 24.3 Å². The van der Waals surface area contributed by atoms with E-state index >= 15 is 0 Å². The number of carbonyl (C=O) groups is 3. The summed E-state index contributed by atoms with van der Waals surface area (Å²) in [7, 11) is 0. The van der Waals surface area contributed by atoms with Crippen molar-refractivity contribution in [3.05, 3.63) is 29.3 Å². The number of urea groups is 1. The fraction of sp³-hybridized carbons (Fsp3) is 0.609. The van der Waals surface area contributed by atoms with E-state index < -0.39 is 12.1 Å². The summed E-state index contributed by atoms with van der Waals surface area (Å²) in [4.78, 5) is 43.0. The van der Waals surface area contributed by atoms with E-state index in [2.05, 4.69) is 5.32 Å². The normalized spacial score (nSPS) is 24.6. The molecule has 3 aliphatic rings. The first-order valence-electron chi connectivity index (χ1n) is 11.4. The largest absolute Gasteiger partial charge is 0.391 e. The molecule has 1 spiro atoms. The Labute approximate surface area is 193 Å². The molecular formula is C23H31ClN4O4. The van der Waals surface area contributed by atoms with E-state index in [0.29, 0.717) is 56.3 Å². The molecule has 0 unspecified atom stereocenters. The van der Waals surface area contributed by atoms with Gasteiger partial charge in [-0.1, -0.05) is 17.7 Å². The van der Waals surface area contributed by atoms with Crippen LogP contribution in [0.1, 0.15) is 39.0 Å². The van der Waals surface area contributed by atoms with E-state index in [0.717, 1.165) is 19.3 Å². The van der Waals surface area contributed by atoms with Crippen LogP contribution >= 0.6 is 11.6 Å². The molecule has 2 atom stereocenters. The van der Waals surface area contributed by atoms with E-state index in [-0.39, 0.29) is 23.3 Å². The molecular weight excluding hydrogens is 432 g/mol. The molecule has 9 heteroatoms. The minimum absolute atomic E-state index is 0.0413. The van der Waals surface area contributed by atoms with Gasteiger partial charge in [-0.05, 0) is 56.2 Å². The van der Waals surface area contributed by atoms with Gasteiger partial charge >= 0.3 is 6.03 Å². The summed E-state index contributed by atoms with van der Waals surface area (Å²) in [6.45, 7) is 4.21. The second-order valence-corrected chi connectivity index (χ2v) is 9.64. The first-order chi connectivity index (χ1) is 15.3. The third-order valence-electron chi connectivity index (χ3n) is 7.13. The molecule has 0 radical (unpaired) electrons. The molecule has 1 aliphatic carbocycles. The average Bonchev–Trinajstić information content (AvgIpc) is 3.54. The third-order valence-corrected chi connectivity index (χ3v) is 7.36. The topological polar surface area (TPSA) is 93.2 Å². The van der Waals surface area contributed by atoms with Crippen molar-refractivity contribution >= 4 is 35.1 Å². The highest BCUT2D eigenvalue weighted by Gasteiger charge is 2.51. The highest BCUT2D eigenvalue weighted by molar-refractivity contribution is 6.30. The van der Waals surface area contributed by atoms with E-state index in [1.165, 1.54) is 4.90 Å². The lowest BCUT2D eigenvalue weighted by Gasteiger charge is -2.39. The van der Waals surface area contributed by atoms with Gasteiger partial charge in [0.25, 0.3) is 0 Å². The van der Waals surface area contributed by atoms with Gasteiger partial charge in [-0.25, -0.2) is 4.79 Å². The first kappa shape index (κ1) is 22.9. The number of hydrogen-bond acceptors (Lipinski definition) is 4.